The zero-order valence-corrected chi connectivity index (χ0v) is 31.4. The molecule has 300 valence electrons. The number of nitrogens with zero attached hydrogens (tertiary/aromatic N) is 6. The van der Waals surface area contributed by atoms with Crippen LogP contribution in [-0.2, 0) is 22.8 Å². The van der Waals surface area contributed by atoms with Gasteiger partial charge in [0.25, 0.3) is 5.91 Å². The molecule has 1 atom stereocenters. The molecule has 0 bridgehead atoms. The molecule has 4 heterocycles. The molecule has 1 unspecified atom stereocenters. The molecule has 2 aromatic heterocycles. The van der Waals surface area contributed by atoms with Gasteiger partial charge >= 0.3 is 11.9 Å². The maximum atomic E-state index is 14.7. The zero-order chi connectivity index (χ0) is 40.2. The first kappa shape index (κ1) is 38.2. The summed E-state index contributed by atoms with van der Waals surface area (Å²) < 4.78 is 64.9. The lowest BCUT2D eigenvalue weighted by Crippen LogP contribution is -2.48. The number of aryl methyl sites for hydroxylation is 1. The third-order valence-corrected chi connectivity index (χ3v) is 11.7. The number of aromatic nitrogens is 4. The lowest BCUT2D eigenvalue weighted by molar-refractivity contribution is -0.140. The van der Waals surface area contributed by atoms with Crippen molar-refractivity contribution in [3.63, 3.8) is 0 Å². The van der Waals surface area contributed by atoms with E-state index < -0.39 is 41.0 Å². The number of piperidine rings is 1. The van der Waals surface area contributed by atoms with E-state index in [1.807, 2.05) is 29.1 Å². The number of halogens is 4. The maximum Gasteiger partial charge on any atom is 0.419 e. The first-order chi connectivity index (χ1) is 27.3. The molecule has 5 aromatic rings. The molecule has 17 heteroatoms. The third-order valence-electron chi connectivity index (χ3n) is 11.7. The molecule has 3 amide bonds. The first-order valence-electron chi connectivity index (χ1n) is 19.1. The van der Waals surface area contributed by atoms with Gasteiger partial charge in [-0.05, 0) is 68.4 Å². The number of rotatable bonds is 8. The van der Waals surface area contributed by atoms with Crippen LogP contribution in [0.2, 0.25) is 0 Å². The summed E-state index contributed by atoms with van der Waals surface area (Å²) in [5.74, 6) is -2.70. The second kappa shape index (κ2) is 15.0. The molecule has 2 N–H and O–H groups in total. The molecule has 0 radical (unpaired) electrons. The Morgan fingerprint density at radius 2 is 1.72 bits per heavy atom. The summed E-state index contributed by atoms with van der Waals surface area (Å²) in [6.45, 7) is 4.27. The van der Waals surface area contributed by atoms with Crippen LogP contribution in [0.1, 0.15) is 66.5 Å². The first-order valence-corrected chi connectivity index (χ1v) is 19.1. The number of alkyl halides is 3. The maximum absolute atomic E-state index is 14.7. The number of ether oxygens (including phenoxy) is 1. The molecule has 3 fully saturated rings. The minimum atomic E-state index is -4.95. The predicted octanol–water partition coefficient (Wildman–Crippen LogP) is 5.64. The number of amides is 3. The van der Waals surface area contributed by atoms with E-state index in [-0.39, 0.29) is 41.9 Å². The Morgan fingerprint density at radius 1 is 0.982 bits per heavy atom. The average Bonchev–Trinajstić information content (AvgIpc) is 3.72. The zero-order valence-electron chi connectivity index (χ0n) is 31.4. The quantitative estimate of drug-likeness (QED) is 0.152. The Kier molecular flexibility index (Phi) is 10.0. The number of nitrogens with one attached hydrogen (secondary N) is 2. The van der Waals surface area contributed by atoms with Crippen molar-refractivity contribution in [3.05, 3.63) is 82.2 Å². The fourth-order valence-corrected chi connectivity index (χ4v) is 8.67. The molecule has 1 saturated carbocycles. The van der Waals surface area contributed by atoms with Gasteiger partial charge in [0, 0.05) is 63.8 Å². The van der Waals surface area contributed by atoms with Crippen molar-refractivity contribution in [3.8, 4) is 5.75 Å². The number of piperazine rings is 1. The lowest BCUT2D eigenvalue weighted by Gasteiger charge is -2.39. The van der Waals surface area contributed by atoms with E-state index in [0.717, 1.165) is 81.7 Å². The van der Waals surface area contributed by atoms with Crippen LogP contribution in [0.15, 0.2) is 59.5 Å². The van der Waals surface area contributed by atoms with Crippen LogP contribution in [-0.4, -0.2) is 81.4 Å². The lowest BCUT2D eigenvalue weighted by atomic mass is 9.85. The molecular weight excluding hydrogens is 748 g/mol. The van der Waals surface area contributed by atoms with E-state index in [9.17, 15) is 36.7 Å². The van der Waals surface area contributed by atoms with Gasteiger partial charge in [0.15, 0.2) is 0 Å². The van der Waals surface area contributed by atoms with Crippen molar-refractivity contribution in [1.82, 2.24) is 29.1 Å². The van der Waals surface area contributed by atoms with Crippen molar-refractivity contribution >= 4 is 51.0 Å². The van der Waals surface area contributed by atoms with Crippen LogP contribution >= 0.6 is 0 Å². The van der Waals surface area contributed by atoms with Gasteiger partial charge in [0.2, 0.25) is 11.8 Å². The van der Waals surface area contributed by atoms with Crippen LogP contribution in [0.25, 0.3) is 21.9 Å². The van der Waals surface area contributed by atoms with E-state index in [1.54, 1.807) is 23.7 Å². The second-order valence-electron chi connectivity index (χ2n) is 15.1. The van der Waals surface area contributed by atoms with E-state index in [2.05, 4.69) is 20.4 Å². The van der Waals surface area contributed by atoms with Gasteiger partial charge in [-0.15, -0.1) is 0 Å². The highest BCUT2D eigenvalue weighted by Crippen LogP contribution is 2.37. The molecule has 1 aliphatic carbocycles. The summed E-state index contributed by atoms with van der Waals surface area (Å²) in [5, 5.41) is 10.4. The standard InChI is InChI=1S/C40H42F4N8O5/c1-48-36-30(7-4-8-31(36)52(39(48)56)32-13-14-34(53)46-38(32)55)50-17-15-49(16-18-50)21-23-9-11-25(12-10-23)51-22-24-19-29(33(57-2)20-28(24)47-51)45-37(54)26-5-3-6-27(35(26)41)40(42,43)44/h3-8,19-20,22-23,25,32H,9-18,21H2,1-2H3,(H,45,54)(H,46,53,55)/t23-,25-,32?. The molecule has 3 aromatic carbocycles. The van der Waals surface area contributed by atoms with Gasteiger partial charge in [-0.3, -0.25) is 38.4 Å². The third kappa shape index (κ3) is 7.24. The summed E-state index contributed by atoms with van der Waals surface area (Å²) in [5.41, 5.74) is 0.671. The molecule has 0 spiro atoms. The van der Waals surface area contributed by atoms with Gasteiger partial charge in [0.05, 0.1) is 52.2 Å². The van der Waals surface area contributed by atoms with Crippen molar-refractivity contribution in [2.45, 2.75) is 56.8 Å². The summed E-state index contributed by atoms with van der Waals surface area (Å²) in [6.07, 6.45) is 1.29. The van der Waals surface area contributed by atoms with Crippen LogP contribution in [0, 0.1) is 11.7 Å². The molecule has 57 heavy (non-hydrogen) atoms. The smallest absolute Gasteiger partial charge is 0.419 e. The minimum Gasteiger partial charge on any atom is -0.494 e. The number of carbonyl (C=O) groups is 3. The van der Waals surface area contributed by atoms with Crippen molar-refractivity contribution < 1.29 is 36.7 Å². The number of fused-ring (bicyclic) bond motifs is 2. The Morgan fingerprint density at radius 3 is 2.42 bits per heavy atom. The molecule has 3 aliphatic rings. The monoisotopic (exact) mass is 790 g/mol. The van der Waals surface area contributed by atoms with Crippen LogP contribution in [0.3, 0.4) is 0 Å². The van der Waals surface area contributed by atoms with E-state index >= 15 is 0 Å². The number of methoxy groups -OCH3 is 1. The van der Waals surface area contributed by atoms with Gasteiger partial charge in [-0.25, -0.2) is 9.18 Å². The number of imide groups is 1. The molecular formula is C40H42F4N8O5. The minimum absolute atomic E-state index is 0.161. The Hall–Kier alpha value is -5.71. The number of hydrogen-bond donors (Lipinski definition) is 2. The van der Waals surface area contributed by atoms with Crippen molar-refractivity contribution in [2.75, 3.05) is 50.1 Å². The van der Waals surface area contributed by atoms with Crippen LogP contribution in [0.4, 0.5) is 28.9 Å². The fourth-order valence-electron chi connectivity index (χ4n) is 8.67. The Bertz CT molecular complexity index is 2440. The summed E-state index contributed by atoms with van der Waals surface area (Å²) >= 11 is 0. The number of hydrogen-bond acceptors (Lipinski definition) is 8. The van der Waals surface area contributed by atoms with Gasteiger partial charge in [-0.1, -0.05) is 12.1 Å². The molecule has 13 nitrogen and oxygen atoms in total. The number of carbonyl (C=O) groups excluding carboxylic acids is 3. The van der Waals surface area contributed by atoms with Gasteiger partial charge in [0.1, 0.15) is 17.6 Å². The predicted molar refractivity (Wildman–Crippen MR) is 204 cm³/mol. The van der Waals surface area contributed by atoms with E-state index in [0.29, 0.717) is 28.4 Å². The van der Waals surface area contributed by atoms with Crippen molar-refractivity contribution in [1.29, 1.82) is 0 Å². The number of para-hydroxylation sites is 1. The van der Waals surface area contributed by atoms with Gasteiger partial charge < -0.3 is 15.0 Å². The molecule has 2 saturated heterocycles. The van der Waals surface area contributed by atoms with Crippen molar-refractivity contribution in [2.24, 2.45) is 13.0 Å². The van der Waals surface area contributed by atoms with Crippen LogP contribution < -0.4 is 26.0 Å². The Balaban J connectivity index is 0.883. The number of benzene rings is 3. The topological polar surface area (TPSA) is 136 Å². The van der Waals surface area contributed by atoms with E-state index in [4.69, 9.17) is 9.84 Å². The number of anilines is 2. The Labute approximate surface area is 324 Å². The summed E-state index contributed by atoms with van der Waals surface area (Å²) in [6, 6.07) is 11.0. The highest BCUT2D eigenvalue weighted by atomic mass is 19.4. The largest absolute Gasteiger partial charge is 0.494 e. The highest BCUT2D eigenvalue weighted by molar-refractivity contribution is 6.06. The molecule has 2 aliphatic heterocycles. The molecule has 8 rings (SSSR count). The number of imidazole rings is 1. The average molecular weight is 791 g/mol. The van der Waals surface area contributed by atoms with E-state index in [1.165, 1.54) is 11.7 Å². The van der Waals surface area contributed by atoms with Gasteiger partial charge in [-0.2, -0.15) is 18.3 Å². The summed E-state index contributed by atoms with van der Waals surface area (Å²) in [7, 11) is 3.12. The van der Waals surface area contributed by atoms with Crippen LogP contribution in [0.5, 0.6) is 5.75 Å². The SMILES string of the molecule is COc1cc2nn([C@H]3CC[C@H](CN4CCN(c5cccc6c5n(C)c(=O)n6C5CCC(=O)NC5=O)CC4)CC3)cc2cc1NC(=O)c1cccc(C(F)(F)F)c1F. The highest BCUT2D eigenvalue weighted by Gasteiger charge is 2.36. The summed E-state index contributed by atoms with van der Waals surface area (Å²) in [4.78, 5) is 55.6. The second-order valence-corrected chi connectivity index (χ2v) is 15.1. The normalized spacial score (nSPS) is 20.9. The fraction of sp³-hybridized carbons (Fsp3) is 0.425.